The summed E-state index contributed by atoms with van der Waals surface area (Å²) in [6.07, 6.45) is 7.07. The van der Waals surface area contributed by atoms with Crippen LogP contribution in [0.2, 0.25) is 0 Å². The lowest BCUT2D eigenvalue weighted by Crippen LogP contribution is -2.38. The number of pyridine rings is 1. The Morgan fingerprint density at radius 2 is 1.77 bits per heavy atom. The van der Waals surface area contributed by atoms with Gasteiger partial charge in [-0.3, -0.25) is 4.79 Å². The van der Waals surface area contributed by atoms with Crippen LogP contribution in [0.25, 0.3) is 0 Å². The van der Waals surface area contributed by atoms with Crippen molar-refractivity contribution in [3.05, 3.63) is 69.6 Å². The summed E-state index contributed by atoms with van der Waals surface area (Å²) in [6.45, 7) is 4.11. The summed E-state index contributed by atoms with van der Waals surface area (Å²) in [4.78, 5) is 12.7. The first-order valence-corrected chi connectivity index (χ1v) is 12.4. The zero-order valence-electron chi connectivity index (χ0n) is 18.0. The van der Waals surface area contributed by atoms with Gasteiger partial charge in [-0.2, -0.15) is 0 Å². The fourth-order valence-electron chi connectivity index (χ4n) is 4.05. The van der Waals surface area contributed by atoms with Gasteiger partial charge in [-0.1, -0.05) is 30.3 Å². The molecular formula is C23H32N2O4S. The molecule has 0 saturated heterocycles. The third kappa shape index (κ3) is 6.03. The molecule has 0 aliphatic heterocycles. The first-order chi connectivity index (χ1) is 14.2. The van der Waals surface area contributed by atoms with E-state index in [9.17, 15) is 13.2 Å². The van der Waals surface area contributed by atoms with Crippen LogP contribution in [0.1, 0.15) is 54.3 Å². The van der Waals surface area contributed by atoms with E-state index in [0.717, 1.165) is 37.5 Å². The van der Waals surface area contributed by atoms with Crippen LogP contribution in [0.3, 0.4) is 0 Å². The number of hydrogen-bond donors (Lipinski definition) is 1. The van der Waals surface area contributed by atoms with Crippen molar-refractivity contribution in [3.63, 3.8) is 0 Å². The second-order valence-electron chi connectivity index (χ2n) is 8.33. The number of nitrogens with one attached hydrogen (secondary N) is 1. The smallest absolute Gasteiger partial charge is 0.254 e. The summed E-state index contributed by atoms with van der Waals surface area (Å²) < 4.78 is 33.5. The van der Waals surface area contributed by atoms with E-state index in [0.29, 0.717) is 18.1 Å². The van der Waals surface area contributed by atoms with Crippen LogP contribution < -0.4 is 10.3 Å². The second kappa shape index (κ2) is 9.90. The number of rotatable bonds is 8. The molecule has 0 radical (unpaired) electrons. The van der Waals surface area contributed by atoms with Gasteiger partial charge in [0.25, 0.3) is 5.56 Å². The number of aryl methyl sites for hydroxylation is 1. The number of benzene rings is 1. The number of aromatic nitrogens is 1. The Morgan fingerprint density at radius 3 is 2.40 bits per heavy atom. The first-order valence-electron chi connectivity index (χ1n) is 10.5. The van der Waals surface area contributed by atoms with Crippen LogP contribution in [0.15, 0.2) is 47.4 Å². The van der Waals surface area contributed by atoms with E-state index in [2.05, 4.69) is 29.0 Å². The average Bonchev–Trinajstić information content (AvgIpc) is 2.73. The molecule has 0 amide bonds. The lowest BCUT2D eigenvalue weighted by atomic mass is 9.83. The lowest BCUT2D eigenvalue weighted by molar-refractivity contribution is 0.00733. The topological polar surface area (TPSA) is 77.4 Å². The van der Waals surface area contributed by atoms with Crippen LogP contribution in [0.5, 0.6) is 0 Å². The van der Waals surface area contributed by atoms with Crippen molar-refractivity contribution in [1.82, 2.24) is 9.29 Å². The summed E-state index contributed by atoms with van der Waals surface area (Å²) in [5.41, 5.74) is 2.87. The molecule has 0 bridgehead atoms. The molecular weight excluding hydrogens is 400 g/mol. The van der Waals surface area contributed by atoms with Crippen molar-refractivity contribution in [2.24, 2.45) is 0 Å². The van der Waals surface area contributed by atoms with Gasteiger partial charge in [0.15, 0.2) is 0 Å². The maximum atomic E-state index is 12.7. The highest BCUT2D eigenvalue weighted by atomic mass is 32.2. The van der Waals surface area contributed by atoms with E-state index in [1.54, 1.807) is 17.7 Å². The SMILES string of the molecule is Cc1ccn([C@@H](CNS(C)(=O)=O)COC2CCC(c3ccccc3)CC2)c(=O)c1C. The van der Waals surface area contributed by atoms with Gasteiger partial charge in [0.1, 0.15) is 0 Å². The lowest BCUT2D eigenvalue weighted by Gasteiger charge is -2.30. The van der Waals surface area contributed by atoms with E-state index >= 15 is 0 Å². The maximum absolute atomic E-state index is 12.7. The Hall–Kier alpha value is -1.96. The highest BCUT2D eigenvalue weighted by Crippen LogP contribution is 2.34. The molecule has 1 N–H and O–H groups in total. The van der Waals surface area contributed by atoms with Gasteiger partial charge in [-0.15, -0.1) is 0 Å². The van der Waals surface area contributed by atoms with E-state index in [-0.39, 0.29) is 18.2 Å². The molecule has 7 heteroatoms. The number of sulfonamides is 1. The Kier molecular flexibility index (Phi) is 7.50. The van der Waals surface area contributed by atoms with Gasteiger partial charge in [-0.05, 0) is 62.6 Å². The van der Waals surface area contributed by atoms with Crippen molar-refractivity contribution in [2.75, 3.05) is 19.4 Å². The van der Waals surface area contributed by atoms with E-state index in [1.807, 2.05) is 19.1 Å². The highest BCUT2D eigenvalue weighted by Gasteiger charge is 2.24. The molecule has 3 rings (SSSR count). The van der Waals surface area contributed by atoms with Gasteiger partial charge in [0.2, 0.25) is 10.0 Å². The summed E-state index contributed by atoms with van der Waals surface area (Å²) in [5.74, 6) is 0.566. The van der Waals surface area contributed by atoms with Crippen LogP contribution in [0, 0.1) is 13.8 Å². The molecule has 1 aliphatic rings. The molecule has 30 heavy (non-hydrogen) atoms. The fourth-order valence-corrected chi connectivity index (χ4v) is 4.55. The molecule has 1 aliphatic carbocycles. The van der Waals surface area contributed by atoms with Gasteiger partial charge in [0.05, 0.1) is 25.0 Å². The van der Waals surface area contributed by atoms with Crippen LogP contribution in [-0.4, -0.2) is 38.5 Å². The Morgan fingerprint density at radius 1 is 1.10 bits per heavy atom. The molecule has 2 aromatic rings. The van der Waals surface area contributed by atoms with E-state index < -0.39 is 16.1 Å². The van der Waals surface area contributed by atoms with Crippen LogP contribution in [0.4, 0.5) is 0 Å². The largest absolute Gasteiger partial charge is 0.376 e. The zero-order valence-corrected chi connectivity index (χ0v) is 18.8. The summed E-state index contributed by atoms with van der Waals surface area (Å²) in [6, 6.07) is 12.1. The predicted molar refractivity (Wildman–Crippen MR) is 119 cm³/mol. The molecule has 0 unspecified atom stereocenters. The van der Waals surface area contributed by atoms with Crippen molar-refractivity contribution in [1.29, 1.82) is 0 Å². The molecule has 6 nitrogen and oxygen atoms in total. The Balaban J connectivity index is 1.64. The summed E-state index contributed by atoms with van der Waals surface area (Å²) in [7, 11) is -3.36. The van der Waals surface area contributed by atoms with Crippen LogP contribution >= 0.6 is 0 Å². The molecule has 1 aromatic heterocycles. The van der Waals surface area contributed by atoms with Gasteiger partial charge in [-0.25, -0.2) is 13.1 Å². The third-order valence-corrected chi connectivity index (χ3v) is 6.77. The fraction of sp³-hybridized carbons (Fsp3) is 0.522. The van der Waals surface area contributed by atoms with Crippen LogP contribution in [-0.2, 0) is 14.8 Å². The molecule has 1 aromatic carbocycles. The standard InChI is InChI=1S/C23H32N2O4S/c1-17-13-14-25(23(26)18(17)2)21(15-24-30(3,27)28)16-29-22-11-9-20(10-12-22)19-7-5-4-6-8-19/h4-8,13-14,20-22,24H,9-12,15-16H2,1-3H3/t20?,21-,22?/m0/s1. The van der Waals surface area contributed by atoms with Crippen molar-refractivity contribution in [3.8, 4) is 0 Å². The van der Waals surface area contributed by atoms with E-state index in [4.69, 9.17) is 4.74 Å². The molecule has 1 saturated carbocycles. The quantitative estimate of drug-likeness (QED) is 0.694. The highest BCUT2D eigenvalue weighted by molar-refractivity contribution is 7.88. The molecule has 1 heterocycles. The van der Waals surface area contributed by atoms with Gasteiger partial charge in [0, 0.05) is 18.3 Å². The number of hydrogen-bond acceptors (Lipinski definition) is 4. The normalized spacial score (nSPS) is 20.8. The van der Waals surface area contributed by atoms with E-state index in [1.165, 1.54) is 5.56 Å². The third-order valence-electron chi connectivity index (χ3n) is 6.08. The Labute approximate surface area is 179 Å². The van der Waals surface area contributed by atoms with Crippen molar-refractivity contribution < 1.29 is 13.2 Å². The zero-order chi connectivity index (χ0) is 21.7. The summed E-state index contributed by atoms with van der Waals surface area (Å²) >= 11 is 0. The maximum Gasteiger partial charge on any atom is 0.254 e. The van der Waals surface area contributed by atoms with Gasteiger partial charge >= 0.3 is 0 Å². The molecule has 1 fully saturated rings. The predicted octanol–water partition coefficient (Wildman–Crippen LogP) is 3.30. The van der Waals surface area contributed by atoms with Crippen molar-refractivity contribution >= 4 is 10.0 Å². The molecule has 1 atom stereocenters. The monoisotopic (exact) mass is 432 g/mol. The second-order valence-corrected chi connectivity index (χ2v) is 10.2. The average molecular weight is 433 g/mol. The minimum absolute atomic E-state index is 0.105. The first kappa shape index (κ1) is 22.7. The molecule has 0 spiro atoms. The summed E-state index contributed by atoms with van der Waals surface area (Å²) in [5, 5.41) is 0. The minimum atomic E-state index is -3.36. The van der Waals surface area contributed by atoms with Gasteiger partial charge < -0.3 is 9.30 Å². The number of ether oxygens (including phenoxy) is 1. The van der Waals surface area contributed by atoms with Crippen molar-refractivity contribution in [2.45, 2.75) is 57.6 Å². The Bertz CT molecular complexity index is 994. The molecule has 164 valence electrons. The minimum Gasteiger partial charge on any atom is -0.376 e. The number of nitrogens with zero attached hydrogens (tertiary/aromatic N) is 1.